The number of nitrogens with zero attached hydrogens (tertiary/aromatic N) is 4. The molecule has 0 aliphatic carbocycles. The number of ether oxygens (including phenoxy) is 1. The second-order valence-corrected chi connectivity index (χ2v) is 11.8. The average Bonchev–Trinajstić information content (AvgIpc) is 3.14. The monoisotopic (exact) mass is 599 g/mol. The fraction of sp³-hybridized carbons (Fsp3) is 0.586. The number of fused-ring (bicyclic) bond motifs is 1. The zero-order valence-corrected chi connectivity index (χ0v) is 25.3. The molecule has 5 rings (SSSR count). The SMILES string of the molecule is C[C@@H]1CN(CC(=O)N2CC(C)(C)c3ncc(Cc4ccc(F)cc4F)cc32)[C@@H](CN2CCOC[C@H]2C)CN1.Cl.Cl. The molecule has 0 radical (unpaired) electrons. The van der Waals surface area contributed by atoms with Crippen molar-refractivity contribution in [3.05, 3.63) is 58.9 Å². The third-order valence-corrected chi connectivity index (χ3v) is 8.14. The van der Waals surface area contributed by atoms with E-state index in [1.54, 1.807) is 6.20 Å². The lowest BCUT2D eigenvalue weighted by atomic mass is 9.91. The highest BCUT2D eigenvalue weighted by Gasteiger charge is 2.41. The van der Waals surface area contributed by atoms with Crippen molar-refractivity contribution in [3.63, 3.8) is 0 Å². The largest absolute Gasteiger partial charge is 0.379 e. The first kappa shape index (κ1) is 32.6. The molecule has 2 saturated heterocycles. The molecule has 3 atom stereocenters. The number of carbonyl (C=O) groups is 1. The van der Waals surface area contributed by atoms with Gasteiger partial charge in [0.15, 0.2) is 0 Å². The molecule has 0 bridgehead atoms. The Bertz CT molecular complexity index is 1190. The number of aromatic nitrogens is 1. The number of nitrogens with one attached hydrogen (secondary N) is 1. The number of anilines is 1. The molecule has 3 aliphatic heterocycles. The summed E-state index contributed by atoms with van der Waals surface area (Å²) in [5, 5.41) is 3.59. The van der Waals surface area contributed by atoms with Gasteiger partial charge in [-0.1, -0.05) is 19.9 Å². The number of hydrogen-bond acceptors (Lipinski definition) is 6. The summed E-state index contributed by atoms with van der Waals surface area (Å²) in [6, 6.07) is 6.48. The molecule has 0 saturated carbocycles. The Morgan fingerprint density at radius 3 is 2.67 bits per heavy atom. The number of halogens is 4. The molecule has 11 heteroatoms. The van der Waals surface area contributed by atoms with Crippen LogP contribution >= 0.6 is 24.8 Å². The van der Waals surface area contributed by atoms with Crippen LogP contribution in [0.4, 0.5) is 14.5 Å². The molecule has 2 aromatic rings. The van der Waals surface area contributed by atoms with Gasteiger partial charge in [-0.15, -0.1) is 24.8 Å². The molecule has 1 aromatic heterocycles. The third kappa shape index (κ3) is 7.12. The van der Waals surface area contributed by atoms with Gasteiger partial charge in [-0.25, -0.2) is 8.78 Å². The number of carbonyl (C=O) groups excluding carboxylic acids is 1. The van der Waals surface area contributed by atoms with E-state index in [1.165, 1.54) is 12.1 Å². The fourth-order valence-corrected chi connectivity index (χ4v) is 5.95. The highest BCUT2D eigenvalue weighted by atomic mass is 35.5. The quantitative estimate of drug-likeness (QED) is 0.545. The van der Waals surface area contributed by atoms with Gasteiger partial charge >= 0.3 is 0 Å². The lowest BCUT2D eigenvalue weighted by molar-refractivity contribution is -0.121. The predicted octanol–water partition coefficient (Wildman–Crippen LogP) is 3.80. The molecule has 40 heavy (non-hydrogen) atoms. The van der Waals surface area contributed by atoms with Crippen LogP contribution < -0.4 is 10.2 Å². The van der Waals surface area contributed by atoms with Crippen LogP contribution in [0.25, 0.3) is 0 Å². The Kier molecular flexibility index (Phi) is 10.9. The molecular weight excluding hydrogens is 559 g/mol. The molecule has 0 unspecified atom stereocenters. The van der Waals surface area contributed by atoms with Gasteiger partial charge < -0.3 is 15.0 Å². The number of benzene rings is 1. The summed E-state index contributed by atoms with van der Waals surface area (Å²) in [4.78, 5) is 25.2. The molecule has 1 aromatic carbocycles. The van der Waals surface area contributed by atoms with E-state index < -0.39 is 11.6 Å². The Balaban J connectivity index is 0.00000220. The van der Waals surface area contributed by atoms with Crippen LogP contribution in [0.1, 0.15) is 44.5 Å². The minimum atomic E-state index is -0.597. The minimum absolute atomic E-state index is 0. The lowest BCUT2D eigenvalue weighted by Crippen LogP contribution is -2.62. The van der Waals surface area contributed by atoms with Crippen LogP contribution in [0.2, 0.25) is 0 Å². The molecule has 4 heterocycles. The first-order chi connectivity index (χ1) is 18.1. The summed E-state index contributed by atoms with van der Waals surface area (Å²) in [5.41, 5.74) is 2.57. The number of hydrogen-bond donors (Lipinski definition) is 1. The van der Waals surface area contributed by atoms with Crippen LogP contribution in [0.3, 0.4) is 0 Å². The standard InChI is InChI=1S/C29H39F2N5O2.2ClH/c1-19-14-35(24(13-32-19)15-34-7-8-38-17-20(34)2)16-27(37)36-18-29(3,4)28-26(36)10-21(12-33-28)9-22-5-6-23(30)11-25(22)31;;/h5-6,10-12,19-20,24,32H,7-9,13-18H2,1-4H3;2*1H/t19-,20-,24-;;/m1../s1. The maximum Gasteiger partial charge on any atom is 0.241 e. The summed E-state index contributed by atoms with van der Waals surface area (Å²) < 4.78 is 33.3. The van der Waals surface area contributed by atoms with Crippen molar-refractivity contribution in [2.75, 3.05) is 57.4 Å². The molecule has 1 N–H and O–H groups in total. The Labute approximate surface area is 248 Å². The van der Waals surface area contributed by atoms with E-state index in [2.05, 4.69) is 42.8 Å². The Morgan fingerprint density at radius 1 is 1.18 bits per heavy atom. The van der Waals surface area contributed by atoms with E-state index in [9.17, 15) is 13.6 Å². The van der Waals surface area contributed by atoms with Crippen molar-refractivity contribution < 1.29 is 18.3 Å². The number of amides is 1. The van der Waals surface area contributed by atoms with Crippen LogP contribution in [0, 0.1) is 11.6 Å². The molecule has 3 aliphatic rings. The van der Waals surface area contributed by atoms with E-state index in [0.717, 1.165) is 62.4 Å². The van der Waals surface area contributed by atoms with Gasteiger partial charge in [0.05, 0.1) is 31.1 Å². The summed E-state index contributed by atoms with van der Waals surface area (Å²) in [5.74, 6) is -1.12. The average molecular weight is 601 g/mol. The van der Waals surface area contributed by atoms with Crippen molar-refractivity contribution >= 4 is 36.4 Å². The molecule has 2 fully saturated rings. The van der Waals surface area contributed by atoms with Gasteiger partial charge in [0.2, 0.25) is 5.91 Å². The number of morpholine rings is 1. The van der Waals surface area contributed by atoms with Crippen LogP contribution in [-0.4, -0.2) is 91.3 Å². The van der Waals surface area contributed by atoms with Gasteiger partial charge in [-0.2, -0.15) is 0 Å². The Hall–Kier alpha value is -1.88. The number of piperazine rings is 1. The van der Waals surface area contributed by atoms with Crippen LogP contribution in [0.5, 0.6) is 0 Å². The van der Waals surface area contributed by atoms with Gasteiger partial charge in [-0.05, 0) is 37.1 Å². The molecule has 222 valence electrons. The van der Waals surface area contributed by atoms with Crippen molar-refractivity contribution in [1.29, 1.82) is 0 Å². The molecule has 7 nitrogen and oxygen atoms in total. The van der Waals surface area contributed by atoms with E-state index in [-0.39, 0.29) is 48.6 Å². The van der Waals surface area contributed by atoms with Crippen LogP contribution in [0.15, 0.2) is 30.5 Å². The van der Waals surface area contributed by atoms with Gasteiger partial charge in [-0.3, -0.25) is 19.6 Å². The van der Waals surface area contributed by atoms with Crippen molar-refractivity contribution in [2.45, 2.75) is 57.7 Å². The van der Waals surface area contributed by atoms with E-state index in [4.69, 9.17) is 9.72 Å². The minimum Gasteiger partial charge on any atom is -0.379 e. The summed E-state index contributed by atoms with van der Waals surface area (Å²) in [6.45, 7) is 14.4. The van der Waals surface area contributed by atoms with Gasteiger partial charge in [0, 0.05) is 74.9 Å². The zero-order valence-electron chi connectivity index (χ0n) is 23.7. The van der Waals surface area contributed by atoms with E-state index >= 15 is 0 Å². The highest BCUT2D eigenvalue weighted by Crippen LogP contribution is 2.40. The summed E-state index contributed by atoms with van der Waals surface area (Å²) in [7, 11) is 0. The van der Waals surface area contributed by atoms with Crippen molar-refractivity contribution in [2.24, 2.45) is 0 Å². The van der Waals surface area contributed by atoms with E-state index in [0.29, 0.717) is 30.7 Å². The Morgan fingerprint density at radius 2 is 1.95 bits per heavy atom. The second kappa shape index (κ2) is 13.4. The maximum absolute atomic E-state index is 14.3. The van der Waals surface area contributed by atoms with Gasteiger partial charge in [0.25, 0.3) is 0 Å². The van der Waals surface area contributed by atoms with Crippen molar-refractivity contribution in [1.82, 2.24) is 20.1 Å². The lowest BCUT2D eigenvalue weighted by Gasteiger charge is -2.43. The number of pyridine rings is 1. The zero-order chi connectivity index (χ0) is 27.0. The van der Waals surface area contributed by atoms with E-state index in [1.807, 2.05) is 11.0 Å². The maximum atomic E-state index is 14.3. The van der Waals surface area contributed by atoms with Gasteiger partial charge in [0.1, 0.15) is 11.6 Å². The number of rotatable bonds is 6. The molecule has 1 amide bonds. The smallest absolute Gasteiger partial charge is 0.241 e. The first-order valence-electron chi connectivity index (χ1n) is 13.6. The van der Waals surface area contributed by atoms with Crippen molar-refractivity contribution in [3.8, 4) is 0 Å². The normalized spacial score (nSPS) is 24.6. The molecular formula is C29H41Cl2F2N5O2. The second-order valence-electron chi connectivity index (χ2n) is 11.8. The summed E-state index contributed by atoms with van der Waals surface area (Å²) in [6.07, 6.45) is 2.03. The highest BCUT2D eigenvalue weighted by molar-refractivity contribution is 5.97. The summed E-state index contributed by atoms with van der Waals surface area (Å²) >= 11 is 0. The first-order valence-corrected chi connectivity index (χ1v) is 13.6. The third-order valence-electron chi connectivity index (χ3n) is 8.14. The predicted molar refractivity (Wildman–Crippen MR) is 158 cm³/mol. The molecule has 0 spiro atoms. The fourth-order valence-electron chi connectivity index (χ4n) is 5.95. The topological polar surface area (TPSA) is 60.9 Å². The van der Waals surface area contributed by atoms with Crippen LogP contribution in [-0.2, 0) is 21.4 Å².